The fraction of sp³-hybridized carbons (Fsp3) is 0.0556. The van der Waals surface area contributed by atoms with Gasteiger partial charge in [0.25, 0.3) is 0 Å². The number of carbonyl (C=O) groups is 2. The SMILES string of the molecule is CSC(/N=C/c1cccc(C(=O)[O-])c1O)=N/N=C/c1cccc(C(=O)[O-])c1O.O.O.[Cu].[Li+].[Li+]. The molecule has 0 aromatic heterocycles. The first-order valence-corrected chi connectivity index (χ1v) is 8.83. The molecule has 0 aliphatic carbocycles. The Bertz CT molecular complexity index is 1020. The minimum absolute atomic E-state index is 0. The number of para-hydroxylation sites is 2. The Morgan fingerprint density at radius 2 is 1.30 bits per heavy atom. The summed E-state index contributed by atoms with van der Waals surface area (Å²) >= 11 is 1.11. The third kappa shape index (κ3) is 10.6. The van der Waals surface area contributed by atoms with Crippen molar-refractivity contribution in [1.82, 2.24) is 0 Å². The van der Waals surface area contributed by atoms with Gasteiger partial charge in [0.2, 0.25) is 5.17 Å². The van der Waals surface area contributed by atoms with Crippen LogP contribution in [0, 0.1) is 0 Å². The average molecular weight is 513 g/mol. The Balaban J connectivity index is -0.000000841. The van der Waals surface area contributed by atoms with Gasteiger partial charge in [-0.25, -0.2) is 4.99 Å². The van der Waals surface area contributed by atoms with Crippen LogP contribution >= 0.6 is 11.8 Å². The second-order valence-corrected chi connectivity index (χ2v) is 5.92. The number of aromatic carboxylic acids is 2. The third-order valence-electron chi connectivity index (χ3n) is 3.41. The van der Waals surface area contributed by atoms with Crippen LogP contribution in [-0.2, 0) is 17.1 Å². The molecule has 0 spiro atoms. The van der Waals surface area contributed by atoms with Crippen LogP contribution in [0.25, 0.3) is 0 Å². The van der Waals surface area contributed by atoms with Crippen molar-refractivity contribution in [3.05, 3.63) is 58.7 Å². The fourth-order valence-electron chi connectivity index (χ4n) is 2.05. The normalized spacial score (nSPS) is 10.2. The summed E-state index contributed by atoms with van der Waals surface area (Å²) in [7, 11) is 0. The number of thioether (sulfide) groups is 1. The maximum absolute atomic E-state index is 10.9. The molecule has 2 rings (SSSR count). The van der Waals surface area contributed by atoms with E-state index in [4.69, 9.17) is 0 Å². The number of phenols is 2. The van der Waals surface area contributed by atoms with E-state index in [-0.39, 0.29) is 93.2 Å². The summed E-state index contributed by atoms with van der Waals surface area (Å²) in [6.45, 7) is 0. The first-order valence-electron chi connectivity index (χ1n) is 7.61. The molecule has 2 aromatic rings. The third-order valence-corrected chi connectivity index (χ3v) is 3.96. The van der Waals surface area contributed by atoms with Crippen molar-refractivity contribution in [2.24, 2.45) is 15.2 Å². The number of carboxylic acid groups (broad SMARTS) is 2. The summed E-state index contributed by atoms with van der Waals surface area (Å²) in [6.07, 6.45) is 4.01. The largest absolute Gasteiger partial charge is 1.00 e. The van der Waals surface area contributed by atoms with Gasteiger partial charge >= 0.3 is 37.7 Å². The topological polar surface area (TPSA) is 221 Å². The van der Waals surface area contributed by atoms with Crippen molar-refractivity contribution in [2.75, 3.05) is 6.26 Å². The maximum atomic E-state index is 10.9. The zero-order valence-electron chi connectivity index (χ0n) is 17.7. The Labute approximate surface area is 227 Å². The van der Waals surface area contributed by atoms with Crippen LogP contribution in [0.4, 0.5) is 0 Å². The number of aromatic hydroxyl groups is 2. The van der Waals surface area contributed by atoms with Crippen LogP contribution in [-0.4, -0.2) is 57.0 Å². The number of amidine groups is 1. The molecule has 15 heteroatoms. The van der Waals surface area contributed by atoms with Gasteiger partial charge < -0.3 is 41.0 Å². The monoisotopic (exact) mass is 512 g/mol. The summed E-state index contributed by atoms with van der Waals surface area (Å²) in [5.74, 6) is -4.03. The van der Waals surface area contributed by atoms with Crippen LogP contribution in [0.5, 0.6) is 11.5 Å². The number of hydrogen-bond donors (Lipinski definition) is 2. The van der Waals surface area contributed by atoms with E-state index in [0.29, 0.717) is 0 Å². The number of carboxylic acids is 2. The molecule has 0 saturated heterocycles. The van der Waals surface area contributed by atoms with E-state index in [2.05, 4.69) is 15.2 Å². The number of rotatable bonds is 5. The number of carbonyl (C=O) groups excluding carboxylic acids is 2. The van der Waals surface area contributed by atoms with Gasteiger partial charge in [-0.3, -0.25) is 0 Å². The number of nitrogens with zero attached hydrogens (tertiary/aromatic N) is 3. The second-order valence-electron chi connectivity index (χ2n) is 5.15. The molecule has 0 aliphatic heterocycles. The molecule has 0 amide bonds. The standard InChI is InChI=1S/C18H15N3O6S.Cu.2Li.2H2O/c1-28-18(19-8-10-4-2-6-12(14(10)22)16(24)25)21-20-9-11-5-3-7-13(15(11)23)17(26)27;;;;;/h2-9,22-23H,1H3,(H,24,25)(H,26,27);;;;2*1H2/q;;2*+1;;/p-2/b19-8+,20-9+,21-18+;;;;;. The van der Waals surface area contributed by atoms with Gasteiger partial charge in [-0.05, 0) is 30.5 Å². The molecule has 0 bridgehead atoms. The smallest absolute Gasteiger partial charge is 0.545 e. The molecule has 171 valence electrons. The quantitative estimate of drug-likeness (QED) is 0.170. The Kier molecular flexibility index (Phi) is 21.3. The molecule has 6 N–H and O–H groups in total. The van der Waals surface area contributed by atoms with Gasteiger partial charge in [0.05, 0.1) is 18.2 Å². The predicted molar refractivity (Wildman–Crippen MR) is 108 cm³/mol. The van der Waals surface area contributed by atoms with Crippen LogP contribution in [0.1, 0.15) is 31.8 Å². The predicted octanol–water partition coefficient (Wildman–Crippen LogP) is -7.65. The summed E-state index contributed by atoms with van der Waals surface area (Å²) in [5.41, 5.74) is -0.479. The van der Waals surface area contributed by atoms with Crippen LogP contribution in [0.3, 0.4) is 0 Å². The zero-order valence-corrected chi connectivity index (χ0v) is 19.5. The molecular formula is C18H17CuLi2N3O8S. The van der Waals surface area contributed by atoms with E-state index in [1.807, 2.05) is 0 Å². The van der Waals surface area contributed by atoms with E-state index in [1.54, 1.807) is 6.26 Å². The van der Waals surface area contributed by atoms with Crippen molar-refractivity contribution in [3.63, 3.8) is 0 Å². The number of aliphatic imine (C=N–C) groups is 1. The minimum atomic E-state index is -1.52. The van der Waals surface area contributed by atoms with E-state index < -0.39 is 23.4 Å². The van der Waals surface area contributed by atoms with Crippen molar-refractivity contribution in [2.45, 2.75) is 0 Å². The molecule has 0 heterocycles. The van der Waals surface area contributed by atoms with Crippen molar-refractivity contribution < 1.29 is 95.8 Å². The van der Waals surface area contributed by atoms with E-state index >= 15 is 0 Å². The molecule has 0 saturated carbocycles. The zero-order chi connectivity index (χ0) is 20.7. The molecule has 1 radical (unpaired) electrons. The van der Waals surface area contributed by atoms with Gasteiger partial charge in [0.15, 0.2) is 0 Å². The summed E-state index contributed by atoms with van der Waals surface area (Å²) in [5, 5.41) is 49.3. The van der Waals surface area contributed by atoms with Crippen molar-refractivity contribution in [3.8, 4) is 11.5 Å². The van der Waals surface area contributed by atoms with Gasteiger partial charge in [-0.2, -0.15) is 5.10 Å². The summed E-state index contributed by atoms with van der Waals surface area (Å²) in [4.78, 5) is 25.8. The van der Waals surface area contributed by atoms with E-state index in [0.717, 1.165) is 18.0 Å². The Morgan fingerprint density at radius 3 is 1.70 bits per heavy atom. The molecule has 0 aliphatic rings. The van der Waals surface area contributed by atoms with E-state index in [9.17, 15) is 30.0 Å². The molecule has 0 unspecified atom stereocenters. The molecule has 0 atom stereocenters. The van der Waals surface area contributed by atoms with Crippen LogP contribution in [0.2, 0.25) is 0 Å². The van der Waals surface area contributed by atoms with Crippen LogP contribution in [0.15, 0.2) is 51.6 Å². The Morgan fingerprint density at radius 1 is 0.879 bits per heavy atom. The molecule has 11 nitrogen and oxygen atoms in total. The second kappa shape index (κ2) is 18.4. The average Bonchev–Trinajstić information content (AvgIpc) is 2.66. The van der Waals surface area contributed by atoms with Crippen molar-refractivity contribution in [1.29, 1.82) is 0 Å². The fourth-order valence-corrected chi connectivity index (χ4v) is 2.33. The van der Waals surface area contributed by atoms with Gasteiger partial charge in [0.1, 0.15) is 11.5 Å². The van der Waals surface area contributed by atoms with Crippen molar-refractivity contribution >= 4 is 41.3 Å². The minimum Gasteiger partial charge on any atom is -0.545 e. The molecular weight excluding hydrogens is 496 g/mol. The number of hydrogen-bond acceptors (Lipinski definition) is 9. The van der Waals surface area contributed by atoms with E-state index in [1.165, 1.54) is 42.6 Å². The van der Waals surface area contributed by atoms with Crippen LogP contribution < -0.4 is 47.9 Å². The number of benzene rings is 2. The van der Waals surface area contributed by atoms with Gasteiger partial charge in [-0.1, -0.05) is 23.9 Å². The molecule has 33 heavy (non-hydrogen) atoms. The Hall–Kier alpha value is -2.03. The molecule has 2 aromatic carbocycles. The maximum Gasteiger partial charge on any atom is 1.00 e. The van der Waals surface area contributed by atoms with Gasteiger partial charge in [-0.15, -0.1) is 5.10 Å². The summed E-state index contributed by atoms with van der Waals surface area (Å²) < 4.78 is 0. The first kappa shape index (κ1) is 38.2. The van der Waals surface area contributed by atoms with Gasteiger partial charge in [0, 0.05) is 45.5 Å². The first-order chi connectivity index (χ1) is 13.3. The molecule has 0 fully saturated rings. The summed E-state index contributed by atoms with van der Waals surface area (Å²) in [6, 6.07) is 8.12.